The van der Waals surface area contributed by atoms with Crippen molar-refractivity contribution in [2.24, 2.45) is 11.5 Å². The molecule has 0 saturated carbocycles. The van der Waals surface area contributed by atoms with Crippen LogP contribution in [0.4, 0.5) is 0 Å². The lowest BCUT2D eigenvalue weighted by atomic mass is 10.0. The van der Waals surface area contributed by atoms with Crippen molar-refractivity contribution in [2.45, 2.75) is 44.3 Å². The minimum absolute atomic E-state index is 0.00464. The molecule has 12 nitrogen and oxygen atoms in total. The highest BCUT2D eigenvalue weighted by molar-refractivity contribution is 5.92. The van der Waals surface area contributed by atoms with Crippen molar-refractivity contribution in [3.8, 4) is 5.75 Å². The number of aromatic hydroxyl groups is 1. The first-order valence-electron chi connectivity index (χ1n) is 9.41. The van der Waals surface area contributed by atoms with Gasteiger partial charge in [0.1, 0.15) is 17.8 Å². The summed E-state index contributed by atoms with van der Waals surface area (Å²) >= 11 is 0. The minimum Gasteiger partial charge on any atom is -0.508 e. The summed E-state index contributed by atoms with van der Waals surface area (Å²) in [5.74, 6) is -4.16. The van der Waals surface area contributed by atoms with Gasteiger partial charge in [-0.2, -0.15) is 0 Å². The van der Waals surface area contributed by atoms with E-state index in [1.807, 2.05) is 0 Å². The van der Waals surface area contributed by atoms with Gasteiger partial charge in [-0.1, -0.05) is 12.1 Å². The van der Waals surface area contributed by atoms with E-state index in [4.69, 9.17) is 11.5 Å². The molecule has 1 aromatic rings. The molecule has 0 aliphatic carbocycles. The number of benzene rings is 1. The van der Waals surface area contributed by atoms with E-state index in [9.17, 15) is 34.2 Å². The standard InChI is InChI=1S/C19H27N5O7/c1-10(20)17(28)22-9-16(27)23-13(6-7-15(21)26)18(29)24-14(19(30)31)8-11-2-4-12(25)5-3-11/h2-5,10,13-14,25H,6-9,20H2,1H3,(H2,21,26)(H,22,28)(H,23,27)(H,24,29)(H,30,31). The van der Waals surface area contributed by atoms with Crippen LogP contribution in [-0.4, -0.2) is 64.5 Å². The number of carboxylic acids is 1. The molecule has 12 heteroatoms. The van der Waals surface area contributed by atoms with Gasteiger partial charge in [-0.05, 0) is 31.0 Å². The van der Waals surface area contributed by atoms with E-state index in [-0.39, 0.29) is 25.0 Å². The molecule has 31 heavy (non-hydrogen) atoms. The average molecular weight is 437 g/mol. The maximum Gasteiger partial charge on any atom is 0.326 e. The molecular formula is C19H27N5O7. The number of rotatable bonds is 12. The zero-order valence-electron chi connectivity index (χ0n) is 17.0. The summed E-state index contributed by atoms with van der Waals surface area (Å²) in [5.41, 5.74) is 11.0. The van der Waals surface area contributed by atoms with E-state index in [0.29, 0.717) is 5.56 Å². The van der Waals surface area contributed by atoms with Gasteiger partial charge in [0.2, 0.25) is 23.6 Å². The van der Waals surface area contributed by atoms with Crippen LogP contribution in [0, 0.1) is 0 Å². The highest BCUT2D eigenvalue weighted by Gasteiger charge is 2.27. The first-order chi connectivity index (χ1) is 14.5. The van der Waals surface area contributed by atoms with Crippen molar-refractivity contribution in [1.29, 1.82) is 0 Å². The Kier molecular flexibility index (Phi) is 9.92. The molecular weight excluding hydrogens is 410 g/mol. The summed E-state index contributed by atoms with van der Waals surface area (Å²) in [4.78, 5) is 58.8. The molecule has 0 radical (unpaired) electrons. The van der Waals surface area contributed by atoms with Gasteiger partial charge in [-0.15, -0.1) is 0 Å². The molecule has 4 amide bonds. The number of primary amides is 1. The van der Waals surface area contributed by atoms with Gasteiger partial charge in [-0.25, -0.2) is 4.79 Å². The first-order valence-corrected chi connectivity index (χ1v) is 9.41. The summed E-state index contributed by atoms with van der Waals surface area (Å²) in [6, 6.07) is 2.34. The maximum absolute atomic E-state index is 12.6. The molecule has 1 rings (SSSR count). The number of phenolic OH excluding ortho intramolecular Hbond substituents is 1. The Bertz CT molecular complexity index is 810. The predicted octanol–water partition coefficient (Wildman–Crippen LogP) is -2.28. The molecule has 170 valence electrons. The van der Waals surface area contributed by atoms with E-state index in [1.165, 1.54) is 31.2 Å². The van der Waals surface area contributed by atoms with E-state index in [1.54, 1.807) is 0 Å². The second kappa shape index (κ2) is 12.1. The molecule has 0 aromatic heterocycles. The topological polar surface area (TPSA) is 214 Å². The Morgan fingerprint density at radius 1 is 1.00 bits per heavy atom. The number of carbonyl (C=O) groups is 5. The normalized spacial score (nSPS) is 13.4. The van der Waals surface area contributed by atoms with Crippen LogP contribution >= 0.6 is 0 Å². The fraction of sp³-hybridized carbons (Fsp3) is 0.421. The Labute approximate surface area is 178 Å². The Morgan fingerprint density at radius 3 is 2.13 bits per heavy atom. The number of phenols is 1. The van der Waals surface area contributed by atoms with Gasteiger partial charge in [0.25, 0.3) is 0 Å². The number of hydrogen-bond donors (Lipinski definition) is 7. The summed E-state index contributed by atoms with van der Waals surface area (Å²) in [7, 11) is 0. The van der Waals surface area contributed by atoms with Crippen LogP contribution in [0.1, 0.15) is 25.3 Å². The number of nitrogens with two attached hydrogens (primary N) is 2. The third kappa shape index (κ3) is 9.58. The fourth-order valence-corrected chi connectivity index (χ4v) is 2.47. The van der Waals surface area contributed by atoms with E-state index >= 15 is 0 Å². The van der Waals surface area contributed by atoms with Gasteiger partial charge in [0, 0.05) is 12.8 Å². The third-order valence-corrected chi connectivity index (χ3v) is 4.16. The second-order valence-corrected chi connectivity index (χ2v) is 6.90. The van der Waals surface area contributed by atoms with Crippen molar-refractivity contribution in [1.82, 2.24) is 16.0 Å². The van der Waals surface area contributed by atoms with Crippen LogP contribution in [0.15, 0.2) is 24.3 Å². The molecule has 3 unspecified atom stereocenters. The first kappa shape index (κ1) is 25.4. The predicted molar refractivity (Wildman–Crippen MR) is 108 cm³/mol. The fourth-order valence-electron chi connectivity index (χ4n) is 2.47. The number of aliphatic carboxylic acids is 1. The minimum atomic E-state index is -1.33. The van der Waals surface area contributed by atoms with Crippen LogP contribution in [0.25, 0.3) is 0 Å². The molecule has 0 aliphatic heterocycles. The zero-order valence-corrected chi connectivity index (χ0v) is 17.0. The highest BCUT2D eigenvalue weighted by Crippen LogP contribution is 2.12. The zero-order chi connectivity index (χ0) is 23.6. The van der Waals surface area contributed by atoms with Gasteiger partial charge < -0.3 is 37.6 Å². The summed E-state index contributed by atoms with van der Waals surface area (Å²) in [5, 5.41) is 25.7. The molecule has 0 heterocycles. The molecule has 9 N–H and O–H groups in total. The lowest BCUT2D eigenvalue weighted by molar-refractivity contribution is -0.142. The van der Waals surface area contributed by atoms with Crippen LogP contribution in [0.2, 0.25) is 0 Å². The van der Waals surface area contributed by atoms with Gasteiger partial charge in [0.15, 0.2) is 0 Å². The molecule has 3 atom stereocenters. The average Bonchev–Trinajstić information content (AvgIpc) is 2.69. The highest BCUT2D eigenvalue weighted by atomic mass is 16.4. The van der Waals surface area contributed by atoms with Crippen LogP contribution in [-0.2, 0) is 30.4 Å². The smallest absolute Gasteiger partial charge is 0.326 e. The Balaban J connectivity index is 2.82. The Hall–Kier alpha value is -3.67. The van der Waals surface area contributed by atoms with Crippen molar-refractivity contribution >= 4 is 29.6 Å². The molecule has 0 aliphatic rings. The van der Waals surface area contributed by atoms with E-state index < -0.39 is 54.3 Å². The van der Waals surface area contributed by atoms with Gasteiger partial charge in [-0.3, -0.25) is 19.2 Å². The lowest BCUT2D eigenvalue weighted by Crippen LogP contribution is -2.54. The number of carboxylic acid groups (broad SMARTS) is 1. The van der Waals surface area contributed by atoms with Crippen molar-refractivity contribution in [2.75, 3.05) is 6.54 Å². The molecule has 0 bridgehead atoms. The van der Waals surface area contributed by atoms with Crippen molar-refractivity contribution < 1.29 is 34.2 Å². The molecule has 0 spiro atoms. The van der Waals surface area contributed by atoms with Crippen molar-refractivity contribution in [3.05, 3.63) is 29.8 Å². The molecule has 0 saturated heterocycles. The quantitative estimate of drug-likeness (QED) is 0.189. The monoisotopic (exact) mass is 437 g/mol. The van der Waals surface area contributed by atoms with Gasteiger partial charge in [0.05, 0.1) is 12.6 Å². The largest absolute Gasteiger partial charge is 0.508 e. The Morgan fingerprint density at radius 2 is 1.61 bits per heavy atom. The lowest BCUT2D eigenvalue weighted by Gasteiger charge is -2.21. The summed E-state index contributed by atoms with van der Waals surface area (Å²) in [6.07, 6.45) is -0.484. The third-order valence-electron chi connectivity index (χ3n) is 4.16. The van der Waals surface area contributed by atoms with E-state index in [2.05, 4.69) is 16.0 Å². The molecule has 0 fully saturated rings. The molecule has 1 aromatic carbocycles. The van der Waals surface area contributed by atoms with Crippen LogP contribution in [0.5, 0.6) is 5.75 Å². The summed E-state index contributed by atoms with van der Waals surface area (Å²) in [6.45, 7) is 0.965. The van der Waals surface area contributed by atoms with Crippen LogP contribution < -0.4 is 27.4 Å². The SMILES string of the molecule is CC(N)C(=O)NCC(=O)NC(CCC(N)=O)C(=O)NC(Cc1ccc(O)cc1)C(=O)O. The number of hydrogen-bond acceptors (Lipinski definition) is 7. The second-order valence-electron chi connectivity index (χ2n) is 6.90. The maximum atomic E-state index is 12.6. The number of carbonyl (C=O) groups excluding carboxylic acids is 4. The summed E-state index contributed by atoms with van der Waals surface area (Å²) < 4.78 is 0. The number of amides is 4. The van der Waals surface area contributed by atoms with Crippen LogP contribution in [0.3, 0.4) is 0 Å². The van der Waals surface area contributed by atoms with Gasteiger partial charge >= 0.3 is 5.97 Å². The van der Waals surface area contributed by atoms with E-state index in [0.717, 1.165) is 0 Å². The van der Waals surface area contributed by atoms with Crippen molar-refractivity contribution in [3.63, 3.8) is 0 Å². The number of nitrogens with one attached hydrogen (secondary N) is 3.